The van der Waals surface area contributed by atoms with Gasteiger partial charge in [0.1, 0.15) is 0 Å². The van der Waals surface area contributed by atoms with Crippen molar-refractivity contribution in [1.82, 2.24) is 5.32 Å². The summed E-state index contributed by atoms with van der Waals surface area (Å²) >= 11 is 3.23. The monoisotopic (exact) mass is 345 g/mol. The fourth-order valence-corrected chi connectivity index (χ4v) is 2.73. The van der Waals surface area contributed by atoms with E-state index < -0.39 is 0 Å². The van der Waals surface area contributed by atoms with Gasteiger partial charge in [-0.2, -0.15) is 0 Å². The summed E-state index contributed by atoms with van der Waals surface area (Å²) in [5.74, 6) is -0.00541. The first-order valence-corrected chi connectivity index (χ1v) is 8.28. The van der Waals surface area contributed by atoms with E-state index >= 15 is 0 Å². The number of hydrogen-bond acceptors (Lipinski definition) is 1. The van der Waals surface area contributed by atoms with Crippen LogP contribution in [-0.2, 0) is 11.2 Å². The number of rotatable bonds is 5. The number of carbonyl (C=O) groups is 1. The number of hydrogen-bond donors (Lipinski definition) is 1. The lowest BCUT2D eigenvalue weighted by atomic mass is 9.91. The van der Waals surface area contributed by atoms with E-state index in [0.717, 1.165) is 12.0 Å². The number of aryl methyl sites for hydroxylation is 2. The van der Waals surface area contributed by atoms with E-state index in [1.165, 1.54) is 16.7 Å². The summed E-state index contributed by atoms with van der Waals surface area (Å²) in [6, 6.07) is 16.4. The fraction of sp³-hybridized carbons (Fsp3) is 0.278. The summed E-state index contributed by atoms with van der Waals surface area (Å²) in [5.41, 5.74) is 4.76. The number of carbonyl (C=O) groups excluding carboxylic acids is 1. The molecule has 2 rings (SSSR count). The molecule has 1 unspecified atom stereocenters. The van der Waals surface area contributed by atoms with Gasteiger partial charge in [0.25, 0.3) is 0 Å². The second-order valence-electron chi connectivity index (χ2n) is 5.04. The molecule has 2 aromatic carbocycles. The summed E-state index contributed by atoms with van der Waals surface area (Å²) in [5, 5.41) is 3.44. The van der Waals surface area contributed by atoms with Crippen molar-refractivity contribution in [3.05, 3.63) is 70.8 Å². The summed E-state index contributed by atoms with van der Waals surface area (Å²) < 4.78 is 0. The number of amides is 1. The molecule has 2 nitrogen and oxygen atoms in total. The van der Waals surface area contributed by atoms with E-state index in [-0.39, 0.29) is 11.9 Å². The van der Waals surface area contributed by atoms with Gasteiger partial charge in [0.2, 0.25) is 5.91 Å². The van der Waals surface area contributed by atoms with Gasteiger partial charge in [-0.1, -0.05) is 71.4 Å². The van der Waals surface area contributed by atoms with Crippen LogP contribution >= 0.6 is 15.9 Å². The largest absolute Gasteiger partial charge is 0.344 e. The normalized spacial score (nSPS) is 12.0. The Balaban J connectivity index is 2.51. The smallest absolute Gasteiger partial charge is 0.231 e. The highest BCUT2D eigenvalue weighted by Gasteiger charge is 2.20. The van der Waals surface area contributed by atoms with Gasteiger partial charge >= 0.3 is 0 Å². The Morgan fingerprint density at radius 3 is 2.33 bits per heavy atom. The lowest BCUT2D eigenvalue weighted by Gasteiger charge is -2.23. The molecule has 1 amide bonds. The number of alkyl halides is 1. The maximum absolute atomic E-state index is 11.9. The van der Waals surface area contributed by atoms with Crippen LogP contribution in [0.2, 0.25) is 0 Å². The van der Waals surface area contributed by atoms with Gasteiger partial charge in [0.05, 0.1) is 11.4 Å². The average molecular weight is 346 g/mol. The minimum atomic E-state index is -0.104. The van der Waals surface area contributed by atoms with Gasteiger partial charge in [0.15, 0.2) is 0 Å². The van der Waals surface area contributed by atoms with Gasteiger partial charge in [-0.3, -0.25) is 4.79 Å². The Morgan fingerprint density at radius 1 is 1.10 bits per heavy atom. The van der Waals surface area contributed by atoms with E-state index in [4.69, 9.17) is 0 Å². The molecule has 0 aromatic heterocycles. The second kappa shape index (κ2) is 7.41. The van der Waals surface area contributed by atoms with Gasteiger partial charge < -0.3 is 5.32 Å². The van der Waals surface area contributed by atoms with Crippen molar-refractivity contribution < 1.29 is 4.79 Å². The van der Waals surface area contributed by atoms with Gasteiger partial charge in [-0.25, -0.2) is 0 Å². The summed E-state index contributed by atoms with van der Waals surface area (Å²) in [6.07, 6.45) is 0.947. The van der Waals surface area contributed by atoms with Gasteiger partial charge in [-0.15, -0.1) is 0 Å². The molecule has 0 heterocycles. The third kappa shape index (κ3) is 3.73. The summed E-state index contributed by atoms with van der Waals surface area (Å²) in [6.45, 7) is 4.22. The Morgan fingerprint density at radius 2 is 1.71 bits per heavy atom. The van der Waals surface area contributed by atoms with E-state index in [9.17, 15) is 4.79 Å². The fourth-order valence-electron chi connectivity index (χ4n) is 2.57. The van der Waals surface area contributed by atoms with Crippen molar-refractivity contribution >= 4 is 21.8 Å². The summed E-state index contributed by atoms with van der Waals surface area (Å²) in [4.78, 5) is 11.9. The standard InChI is InChI=1S/C18H20BrNO/c1-3-14-9-5-7-11-16(14)18(20-17(21)12-19)15-10-6-4-8-13(15)2/h4-11,18H,3,12H2,1-2H3,(H,20,21). The maximum atomic E-state index is 11.9. The van der Waals surface area contributed by atoms with Crippen molar-refractivity contribution in [3.8, 4) is 0 Å². The zero-order valence-electron chi connectivity index (χ0n) is 12.4. The van der Waals surface area contributed by atoms with Crippen LogP contribution in [-0.4, -0.2) is 11.2 Å². The van der Waals surface area contributed by atoms with Crippen LogP contribution in [0.25, 0.3) is 0 Å². The highest BCUT2D eigenvalue weighted by atomic mass is 79.9. The third-order valence-electron chi connectivity index (χ3n) is 3.67. The van der Waals surface area contributed by atoms with Crippen molar-refractivity contribution in [1.29, 1.82) is 0 Å². The molecule has 1 atom stereocenters. The predicted octanol–water partition coefficient (Wildman–Crippen LogP) is 4.16. The molecule has 3 heteroatoms. The minimum Gasteiger partial charge on any atom is -0.344 e. The van der Waals surface area contributed by atoms with Crippen LogP contribution in [0.5, 0.6) is 0 Å². The molecule has 1 N–H and O–H groups in total. The van der Waals surface area contributed by atoms with Gasteiger partial charge in [-0.05, 0) is 35.6 Å². The minimum absolute atomic E-state index is 0.00541. The first kappa shape index (κ1) is 15.8. The van der Waals surface area contributed by atoms with E-state index in [2.05, 4.69) is 59.4 Å². The molecular formula is C18H20BrNO. The highest BCUT2D eigenvalue weighted by Crippen LogP contribution is 2.27. The molecule has 0 aliphatic heterocycles. The lowest BCUT2D eigenvalue weighted by Crippen LogP contribution is -2.31. The molecule has 0 saturated heterocycles. The topological polar surface area (TPSA) is 29.1 Å². The zero-order chi connectivity index (χ0) is 15.2. The molecule has 110 valence electrons. The molecular weight excluding hydrogens is 326 g/mol. The Kier molecular flexibility index (Phi) is 5.57. The molecule has 0 aliphatic rings. The van der Waals surface area contributed by atoms with Crippen LogP contribution < -0.4 is 5.32 Å². The van der Waals surface area contributed by atoms with Crippen molar-refractivity contribution in [2.24, 2.45) is 0 Å². The Hall–Kier alpha value is -1.61. The molecule has 2 aromatic rings. The van der Waals surface area contributed by atoms with Crippen LogP contribution in [0.4, 0.5) is 0 Å². The van der Waals surface area contributed by atoms with Gasteiger partial charge in [0, 0.05) is 0 Å². The van der Waals surface area contributed by atoms with Crippen molar-refractivity contribution in [3.63, 3.8) is 0 Å². The van der Waals surface area contributed by atoms with E-state index in [1.54, 1.807) is 0 Å². The first-order valence-electron chi connectivity index (χ1n) is 7.16. The second-order valence-corrected chi connectivity index (χ2v) is 5.60. The van der Waals surface area contributed by atoms with Crippen LogP contribution in [0, 0.1) is 6.92 Å². The highest BCUT2D eigenvalue weighted by molar-refractivity contribution is 9.09. The molecule has 0 saturated carbocycles. The number of nitrogens with one attached hydrogen (secondary N) is 1. The van der Waals surface area contributed by atoms with Crippen LogP contribution in [0.1, 0.15) is 35.2 Å². The Labute approximate surface area is 134 Å². The van der Waals surface area contributed by atoms with Crippen LogP contribution in [0.15, 0.2) is 48.5 Å². The van der Waals surface area contributed by atoms with E-state index in [0.29, 0.717) is 5.33 Å². The van der Waals surface area contributed by atoms with Crippen molar-refractivity contribution in [2.75, 3.05) is 5.33 Å². The molecule has 0 spiro atoms. The lowest BCUT2D eigenvalue weighted by molar-refractivity contribution is -0.118. The van der Waals surface area contributed by atoms with E-state index in [1.807, 2.05) is 24.3 Å². The molecule has 0 fully saturated rings. The quantitative estimate of drug-likeness (QED) is 0.810. The average Bonchev–Trinajstić information content (AvgIpc) is 2.53. The number of benzene rings is 2. The zero-order valence-corrected chi connectivity index (χ0v) is 14.0. The predicted molar refractivity (Wildman–Crippen MR) is 90.8 cm³/mol. The first-order chi connectivity index (χ1) is 10.2. The Bertz CT molecular complexity index is 624. The SMILES string of the molecule is CCc1ccccc1C(NC(=O)CBr)c1ccccc1C. The number of halogens is 1. The van der Waals surface area contributed by atoms with Crippen LogP contribution in [0.3, 0.4) is 0 Å². The maximum Gasteiger partial charge on any atom is 0.231 e. The molecule has 0 radical (unpaired) electrons. The van der Waals surface area contributed by atoms with Crippen molar-refractivity contribution in [2.45, 2.75) is 26.3 Å². The third-order valence-corrected chi connectivity index (χ3v) is 4.18. The summed E-state index contributed by atoms with van der Waals surface area (Å²) in [7, 11) is 0. The molecule has 0 bridgehead atoms. The molecule has 0 aliphatic carbocycles. The molecule has 21 heavy (non-hydrogen) atoms.